The second kappa shape index (κ2) is 10.5. The van der Waals surface area contributed by atoms with Crippen LogP contribution in [0.1, 0.15) is 71.2 Å². The van der Waals surface area contributed by atoms with Crippen LogP contribution in [0.15, 0.2) is 24.5 Å². The maximum absolute atomic E-state index is 10.7. The number of aliphatic hydroxyl groups excluding tert-OH is 3. The smallest absolute Gasteiger partial charge is 0.181 e. The molecule has 36 heavy (non-hydrogen) atoms. The van der Waals surface area contributed by atoms with Crippen LogP contribution in [0.5, 0.6) is 0 Å². The lowest BCUT2D eigenvalue weighted by atomic mass is 9.73. The highest BCUT2D eigenvalue weighted by Crippen LogP contribution is 2.54. The molecule has 2 aromatic rings. The standard InChI is InChI=1S/C26H42N4O6/c1-5-25(4,10-6-9-20-21-23(33)22(32)19(14-31)26(21,34)36-20)16-24(2,3)35-15-18-13-30(29-28-18)12-17-8-7-11-27-17/h7-8,11,13,19-23,27,31-34H,5-6,9-10,12,14-16H2,1-4H3. The van der Waals surface area contributed by atoms with Gasteiger partial charge in [0.2, 0.25) is 0 Å². The third kappa shape index (κ3) is 5.54. The van der Waals surface area contributed by atoms with E-state index in [0.717, 1.165) is 37.1 Å². The van der Waals surface area contributed by atoms with Gasteiger partial charge in [-0.05, 0) is 50.7 Å². The number of rotatable bonds is 13. The van der Waals surface area contributed by atoms with Crippen molar-refractivity contribution in [3.63, 3.8) is 0 Å². The number of ether oxygens (including phenoxy) is 2. The van der Waals surface area contributed by atoms with Gasteiger partial charge in [0.05, 0.1) is 61.7 Å². The van der Waals surface area contributed by atoms with E-state index in [-0.39, 0.29) is 17.1 Å². The van der Waals surface area contributed by atoms with Crippen molar-refractivity contribution >= 4 is 0 Å². The van der Waals surface area contributed by atoms with Crippen LogP contribution in [0.25, 0.3) is 0 Å². The summed E-state index contributed by atoms with van der Waals surface area (Å²) in [4.78, 5) is 3.16. The fourth-order valence-corrected chi connectivity index (χ4v) is 6.15. The van der Waals surface area contributed by atoms with Crippen LogP contribution in [-0.2, 0) is 22.6 Å². The topological polar surface area (TPSA) is 146 Å². The van der Waals surface area contributed by atoms with Gasteiger partial charge in [-0.2, -0.15) is 0 Å². The van der Waals surface area contributed by atoms with Gasteiger partial charge in [0.1, 0.15) is 5.69 Å². The lowest BCUT2D eigenvalue weighted by Gasteiger charge is -2.50. The lowest BCUT2D eigenvalue weighted by molar-refractivity contribution is -0.381. The molecule has 10 nitrogen and oxygen atoms in total. The molecule has 5 N–H and O–H groups in total. The molecule has 0 aromatic carbocycles. The van der Waals surface area contributed by atoms with Gasteiger partial charge in [0, 0.05) is 11.9 Å². The summed E-state index contributed by atoms with van der Waals surface area (Å²) in [7, 11) is 0. The molecule has 0 radical (unpaired) electrons. The normalized spacial score (nSPS) is 31.7. The van der Waals surface area contributed by atoms with Crippen molar-refractivity contribution < 1.29 is 29.9 Å². The highest BCUT2D eigenvalue weighted by atomic mass is 16.7. The molecule has 202 valence electrons. The fraction of sp³-hybridized carbons (Fsp3) is 0.769. The largest absolute Gasteiger partial charge is 0.396 e. The molecular weight excluding hydrogens is 464 g/mol. The van der Waals surface area contributed by atoms with E-state index < -0.39 is 36.4 Å². The number of nitrogens with one attached hydrogen (secondary N) is 1. The van der Waals surface area contributed by atoms with Gasteiger partial charge in [0.25, 0.3) is 0 Å². The summed E-state index contributed by atoms with van der Waals surface area (Å²) < 4.78 is 13.8. The second-order valence-corrected chi connectivity index (χ2v) is 11.6. The molecular formula is C26H42N4O6. The molecule has 0 spiro atoms. The van der Waals surface area contributed by atoms with Gasteiger partial charge in [-0.25, -0.2) is 4.68 Å². The zero-order valence-corrected chi connectivity index (χ0v) is 21.8. The van der Waals surface area contributed by atoms with E-state index in [1.807, 2.05) is 24.5 Å². The Morgan fingerprint density at radius 2 is 2.03 bits per heavy atom. The van der Waals surface area contributed by atoms with Gasteiger partial charge in [0.15, 0.2) is 5.79 Å². The van der Waals surface area contributed by atoms with Crippen molar-refractivity contribution in [2.24, 2.45) is 17.3 Å². The van der Waals surface area contributed by atoms with E-state index in [2.05, 4.69) is 43.0 Å². The summed E-state index contributed by atoms with van der Waals surface area (Å²) in [6.45, 7) is 9.25. The average molecular weight is 507 g/mol. The van der Waals surface area contributed by atoms with Gasteiger partial charge in [-0.15, -0.1) is 5.10 Å². The predicted octanol–water partition coefficient (Wildman–Crippen LogP) is 1.97. The second-order valence-electron chi connectivity index (χ2n) is 11.6. The number of nitrogens with zero attached hydrogens (tertiary/aromatic N) is 3. The molecule has 4 rings (SSSR count). The van der Waals surface area contributed by atoms with E-state index in [4.69, 9.17) is 9.47 Å². The van der Waals surface area contributed by atoms with E-state index in [0.29, 0.717) is 19.6 Å². The molecule has 7 unspecified atom stereocenters. The van der Waals surface area contributed by atoms with Crippen molar-refractivity contribution in [1.29, 1.82) is 0 Å². The number of hydrogen-bond donors (Lipinski definition) is 5. The summed E-state index contributed by atoms with van der Waals surface area (Å²) >= 11 is 0. The quantitative estimate of drug-likeness (QED) is 0.277. The fourth-order valence-electron chi connectivity index (χ4n) is 6.15. The molecule has 7 atom stereocenters. The average Bonchev–Trinajstić information content (AvgIpc) is 3.52. The Kier molecular flexibility index (Phi) is 7.95. The predicted molar refractivity (Wildman–Crippen MR) is 132 cm³/mol. The van der Waals surface area contributed by atoms with E-state index in [9.17, 15) is 20.4 Å². The highest BCUT2D eigenvalue weighted by Gasteiger charge is 2.69. The Labute approximate surface area is 212 Å². The van der Waals surface area contributed by atoms with Crippen molar-refractivity contribution in [3.8, 4) is 0 Å². The molecule has 1 saturated carbocycles. The Morgan fingerprint density at radius 3 is 2.69 bits per heavy atom. The highest BCUT2D eigenvalue weighted by molar-refractivity contribution is 5.12. The van der Waals surface area contributed by atoms with Crippen LogP contribution in [0, 0.1) is 17.3 Å². The zero-order chi connectivity index (χ0) is 26.1. The van der Waals surface area contributed by atoms with Crippen molar-refractivity contribution in [3.05, 3.63) is 35.9 Å². The maximum Gasteiger partial charge on any atom is 0.181 e. The van der Waals surface area contributed by atoms with Gasteiger partial charge < -0.3 is 34.9 Å². The zero-order valence-electron chi connectivity index (χ0n) is 21.8. The summed E-state index contributed by atoms with van der Waals surface area (Å²) in [6.07, 6.45) is 5.53. The maximum atomic E-state index is 10.7. The third-order valence-electron chi connectivity index (χ3n) is 8.24. The van der Waals surface area contributed by atoms with Crippen molar-refractivity contribution in [2.45, 2.75) is 103 Å². The van der Waals surface area contributed by atoms with E-state index in [1.165, 1.54) is 0 Å². The van der Waals surface area contributed by atoms with Crippen LogP contribution < -0.4 is 0 Å². The molecule has 2 aliphatic rings. The van der Waals surface area contributed by atoms with E-state index >= 15 is 0 Å². The molecule has 1 aliphatic carbocycles. The minimum atomic E-state index is -1.63. The minimum absolute atomic E-state index is 0.0379. The molecule has 10 heteroatoms. The number of fused-ring (bicyclic) bond motifs is 1. The third-order valence-corrected chi connectivity index (χ3v) is 8.24. The van der Waals surface area contributed by atoms with Crippen LogP contribution in [-0.4, -0.2) is 76.7 Å². The first-order chi connectivity index (χ1) is 17.0. The first kappa shape index (κ1) is 27.2. The number of hydrogen-bond acceptors (Lipinski definition) is 8. The van der Waals surface area contributed by atoms with Crippen LogP contribution in [0.4, 0.5) is 0 Å². The Hall–Kier alpha value is -1.82. The molecule has 1 aliphatic heterocycles. The summed E-state index contributed by atoms with van der Waals surface area (Å²) in [5, 5.41) is 49.1. The van der Waals surface area contributed by atoms with Crippen LogP contribution in [0.2, 0.25) is 0 Å². The first-order valence-corrected chi connectivity index (χ1v) is 13.0. The summed E-state index contributed by atoms with van der Waals surface area (Å²) in [5.74, 6) is -3.07. The molecule has 0 bridgehead atoms. The molecule has 2 aromatic heterocycles. The summed E-state index contributed by atoms with van der Waals surface area (Å²) in [6, 6.07) is 3.96. The number of aliphatic hydroxyl groups is 4. The first-order valence-electron chi connectivity index (χ1n) is 13.0. The molecule has 0 amide bonds. The number of aromatic amines is 1. The van der Waals surface area contributed by atoms with Crippen molar-refractivity contribution in [1.82, 2.24) is 20.0 Å². The lowest BCUT2D eigenvalue weighted by Crippen LogP contribution is -2.62. The van der Waals surface area contributed by atoms with Gasteiger partial charge >= 0.3 is 0 Å². The number of H-pyrrole nitrogens is 1. The number of aromatic nitrogens is 4. The Balaban J connectivity index is 1.24. The van der Waals surface area contributed by atoms with Crippen LogP contribution >= 0.6 is 0 Å². The molecule has 2 fully saturated rings. The van der Waals surface area contributed by atoms with E-state index in [1.54, 1.807) is 4.68 Å². The molecule has 1 saturated heterocycles. The van der Waals surface area contributed by atoms with Crippen molar-refractivity contribution in [2.75, 3.05) is 6.61 Å². The Morgan fingerprint density at radius 1 is 1.25 bits per heavy atom. The summed E-state index contributed by atoms with van der Waals surface area (Å²) in [5.41, 5.74) is 1.54. The SMILES string of the molecule is CCC(C)(CCCC1OC2(O)C(CO)C(O)C(O)C12)CC(C)(C)OCc1cn(Cc2ccc[nH]2)nn1. The van der Waals surface area contributed by atoms with Gasteiger partial charge in [-0.3, -0.25) is 0 Å². The Bertz CT molecular complexity index is 981. The monoisotopic (exact) mass is 506 g/mol. The van der Waals surface area contributed by atoms with Gasteiger partial charge in [-0.1, -0.05) is 31.9 Å². The van der Waals surface area contributed by atoms with Crippen LogP contribution in [0.3, 0.4) is 0 Å². The minimum Gasteiger partial charge on any atom is -0.396 e. The molecule has 3 heterocycles.